The molecule has 0 saturated carbocycles. The van der Waals surface area contributed by atoms with Crippen LogP contribution >= 0.6 is 11.8 Å². The largest absolute Gasteiger partial charge is 0.355 e. The summed E-state index contributed by atoms with van der Waals surface area (Å²) in [7, 11) is 0. The maximum Gasteiger partial charge on any atom is 0.239 e. The number of nitrogens with one attached hydrogen (secondary N) is 1. The van der Waals surface area contributed by atoms with Gasteiger partial charge >= 0.3 is 0 Å². The van der Waals surface area contributed by atoms with Crippen molar-refractivity contribution in [2.75, 3.05) is 24.7 Å². The Labute approximate surface area is 93.7 Å². The first kappa shape index (κ1) is 12.3. The summed E-state index contributed by atoms with van der Waals surface area (Å²) in [5.41, 5.74) is 5.55. The predicted octanol–water partition coefficient (Wildman–Crippen LogP) is -0.627. The number of nitrogens with two attached hydrogens (primary N) is 1. The van der Waals surface area contributed by atoms with Gasteiger partial charge < -0.3 is 16.0 Å². The van der Waals surface area contributed by atoms with Crippen LogP contribution in [-0.4, -0.2) is 47.5 Å². The minimum atomic E-state index is -0.105. The molecule has 3 N–H and O–H groups in total. The summed E-state index contributed by atoms with van der Waals surface area (Å²) < 4.78 is 0. The van der Waals surface area contributed by atoms with Crippen LogP contribution < -0.4 is 11.1 Å². The van der Waals surface area contributed by atoms with E-state index in [-0.39, 0.29) is 24.4 Å². The Balaban J connectivity index is 2.15. The van der Waals surface area contributed by atoms with Gasteiger partial charge in [0, 0.05) is 12.6 Å². The quantitative estimate of drug-likeness (QED) is 0.661. The lowest BCUT2D eigenvalue weighted by molar-refractivity contribution is -0.132. The van der Waals surface area contributed by atoms with Crippen molar-refractivity contribution in [2.45, 2.75) is 19.4 Å². The maximum atomic E-state index is 11.4. The van der Waals surface area contributed by atoms with Crippen molar-refractivity contribution < 1.29 is 9.59 Å². The van der Waals surface area contributed by atoms with E-state index >= 15 is 0 Å². The summed E-state index contributed by atoms with van der Waals surface area (Å²) in [4.78, 5) is 24.1. The van der Waals surface area contributed by atoms with E-state index in [1.165, 1.54) is 11.8 Å². The molecule has 0 radical (unpaired) electrons. The number of hydrogen-bond donors (Lipinski definition) is 2. The Bertz CT molecular complexity index is 246. The van der Waals surface area contributed by atoms with Crippen molar-refractivity contribution >= 4 is 23.6 Å². The molecular formula is C9H17N3O2S. The number of carbonyl (C=O) groups is 2. The number of thioether (sulfide) groups is 1. The van der Waals surface area contributed by atoms with E-state index < -0.39 is 0 Å². The number of amides is 2. The van der Waals surface area contributed by atoms with E-state index in [0.717, 1.165) is 6.42 Å². The Morgan fingerprint density at radius 3 is 3.00 bits per heavy atom. The van der Waals surface area contributed by atoms with Crippen molar-refractivity contribution in [3.8, 4) is 0 Å². The second kappa shape index (κ2) is 5.97. The highest BCUT2D eigenvalue weighted by Gasteiger charge is 2.22. The highest BCUT2D eigenvalue weighted by Crippen LogP contribution is 2.13. The first-order valence-corrected chi connectivity index (χ1v) is 6.13. The Morgan fingerprint density at radius 1 is 1.73 bits per heavy atom. The van der Waals surface area contributed by atoms with Crippen LogP contribution in [0.3, 0.4) is 0 Å². The molecule has 0 aromatic carbocycles. The lowest BCUT2D eigenvalue weighted by Gasteiger charge is -2.14. The molecule has 1 aliphatic heterocycles. The van der Waals surface area contributed by atoms with Gasteiger partial charge in [-0.1, -0.05) is 0 Å². The zero-order chi connectivity index (χ0) is 11.3. The van der Waals surface area contributed by atoms with Gasteiger partial charge in [0.25, 0.3) is 0 Å². The molecule has 0 bridgehead atoms. The van der Waals surface area contributed by atoms with Gasteiger partial charge in [0.05, 0.1) is 11.6 Å². The van der Waals surface area contributed by atoms with Crippen LogP contribution in [-0.2, 0) is 9.59 Å². The molecule has 2 amide bonds. The predicted molar refractivity (Wildman–Crippen MR) is 60.3 cm³/mol. The molecule has 0 aromatic heterocycles. The molecule has 1 rings (SSSR count). The summed E-state index contributed by atoms with van der Waals surface area (Å²) in [5.74, 6) is 1.06. The van der Waals surface area contributed by atoms with E-state index in [4.69, 9.17) is 5.73 Å². The summed E-state index contributed by atoms with van der Waals surface area (Å²) in [6.07, 6.45) is 0.758. The fraction of sp³-hybridized carbons (Fsp3) is 0.778. The van der Waals surface area contributed by atoms with Crippen molar-refractivity contribution in [3.05, 3.63) is 0 Å². The molecule has 0 spiro atoms. The fourth-order valence-corrected chi connectivity index (χ4v) is 2.11. The molecular weight excluding hydrogens is 214 g/mol. The third-order valence-electron chi connectivity index (χ3n) is 2.08. The fourth-order valence-electron chi connectivity index (χ4n) is 1.21. The number of hydrogen-bond acceptors (Lipinski definition) is 4. The highest BCUT2D eigenvalue weighted by atomic mass is 32.2. The van der Waals surface area contributed by atoms with Crippen LogP contribution in [0.2, 0.25) is 0 Å². The molecule has 1 saturated heterocycles. The molecule has 0 aromatic rings. The molecule has 6 heteroatoms. The van der Waals surface area contributed by atoms with Gasteiger partial charge in [-0.05, 0) is 13.3 Å². The average Bonchev–Trinajstić information content (AvgIpc) is 2.51. The van der Waals surface area contributed by atoms with Gasteiger partial charge in [-0.2, -0.15) is 0 Å². The van der Waals surface area contributed by atoms with Gasteiger partial charge in [-0.25, -0.2) is 0 Å². The molecule has 1 aliphatic rings. The normalized spacial score (nSPS) is 18.0. The Kier molecular flexibility index (Phi) is 4.90. The van der Waals surface area contributed by atoms with Crippen LogP contribution in [0.4, 0.5) is 0 Å². The third-order valence-corrected chi connectivity index (χ3v) is 3.03. The van der Waals surface area contributed by atoms with Gasteiger partial charge in [0.15, 0.2) is 0 Å². The standard InChI is InChI=1S/C9H17N3O2S/c1-7(10)2-3-11-8(13)4-12-6-15-5-9(12)14/h7H,2-6,10H2,1H3,(H,11,13). The van der Waals surface area contributed by atoms with Crippen LogP contribution in [0.15, 0.2) is 0 Å². The zero-order valence-electron chi connectivity index (χ0n) is 8.86. The van der Waals surface area contributed by atoms with Crippen molar-refractivity contribution in [1.29, 1.82) is 0 Å². The molecule has 5 nitrogen and oxygen atoms in total. The number of nitrogens with zero attached hydrogens (tertiary/aromatic N) is 1. The molecule has 15 heavy (non-hydrogen) atoms. The van der Waals surface area contributed by atoms with E-state index in [2.05, 4.69) is 5.32 Å². The highest BCUT2D eigenvalue weighted by molar-refractivity contribution is 8.00. The van der Waals surface area contributed by atoms with Crippen molar-refractivity contribution in [2.24, 2.45) is 5.73 Å². The van der Waals surface area contributed by atoms with E-state index in [0.29, 0.717) is 18.2 Å². The number of rotatable bonds is 5. The molecule has 86 valence electrons. The van der Waals surface area contributed by atoms with Crippen LogP contribution in [0.25, 0.3) is 0 Å². The van der Waals surface area contributed by atoms with E-state index in [9.17, 15) is 9.59 Å². The van der Waals surface area contributed by atoms with Crippen molar-refractivity contribution in [3.63, 3.8) is 0 Å². The minimum Gasteiger partial charge on any atom is -0.355 e. The second-order valence-electron chi connectivity index (χ2n) is 3.69. The lowest BCUT2D eigenvalue weighted by atomic mass is 10.2. The maximum absolute atomic E-state index is 11.4. The smallest absolute Gasteiger partial charge is 0.239 e. The first-order chi connectivity index (χ1) is 7.09. The minimum absolute atomic E-state index is 0.0438. The topological polar surface area (TPSA) is 75.4 Å². The van der Waals surface area contributed by atoms with Gasteiger partial charge in [-0.3, -0.25) is 9.59 Å². The second-order valence-corrected chi connectivity index (χ2v) is 4.64. The number of carbonyl (C=O) groups excluding carboxylic acids is 2. The molecule has 1 fully saturated rings. The summed E-state index contributed by atoms with van der Waals surface area (Å²) >= 11 is 1.54. The summed E-state index contributed by atoms with van der Waals surface area (Å²) in [5, 5.41) is 2.74. The molecule has 1 atom stereocenters. The Morgan fingerprint density at radius 2 is 2.47 bits per heavy atom. The summed E-state index contributed by atoms with van der Waals surface area (Å²) in [6.45, 7) is 2.64. The van der Waals surface area contributed by atoms with Crippen LogP contribution in [0.1, 0.15) is 13.3 Å². The van der Waals surface area contributed by atoms with E-state index in [1.807, 2.05) is 6.92 Å². The van der Waals surface area contributed by atoms with Crippen LogP contribution in [0.5, 0.6) is 0 Å². The van der Waals surface area contributed by atoms with Crippen molar-refractivity contribution in [1.82, 2.24) is 10.2 Å². The van der Waals surface area contributed by atoms with Gasteiger partial charge in [-0.15, -0.1) is 11.8 Å². The zero-order valence-corrected chi connectivity index (χ0v) is 9.68. The Hall–Kier alpha value is -0.750. The third kappa shape index (κ3) is 4.53. The van der Waals surface area contributed by atoms with Crippen LogP contribution in [0, 0.1) is 0 Å². The lowest BCUT2D eigenvalue weighted by Crippen LogP contribution is -2.39. The average molecular weight is 231 g/mol. The monoisotopic (exact) mass is 231 g/mol. The molecule has 1 heterocycles. The SMILES string of the molecule is CC(N)CCNC(=O)CN1CSCC1=O. The molecule has 1 unspecified atom stereocenters. The van der Waals surface area contributed by atoms with Gasteiger partial charge in [0.2, 0.25) is 11.8 Å². The molecule has 0 aliphatic carbocycles. The summed E-state index contributed by atoms with van der Waals surface area (Å²) in [6, 6.07) is 0.0919. The first-order valence-electron chi connectivity index (χ1n) is 4.97. The van der Waals surface area contributed by atoms with Gasteiger partial charge in [0.1, 0.15) is 6.54 Å². The van der Waals surface area contributed by atoms with E-state index in [1.54, 1.807) is 4.90 Å².